The molecule has 0 aliphatic heterocycles. The molecule has 1 unspecified atom stereocenters. The van der Waals surface area contributed by atoms with Crippen LogP contribution in [0, 0.1) is 0 Å². The highest BCUT2D eigenvalue weighted by molar-refractivity contribution is 5.90. The predicted molar refractivity (Wildman–Crippen MR) is 79.7 cm³/mol. The molecule has 1 aromatic carbocycles. The third-order valence-electron chi connectivity index (χ3n) is 3.20. The van der Waals surface area contributed by atoms with Gasteiger partial charge in [0.25, 0.3) is 0 Å². The number of aromatic carboxylic acids is 1. The van der Waals surface area contributed by atoms with Gasteiger partial charge < -0.3 is 16.2 Å². The van der Waals surface area contributed by atoms with Crippen LogP contribution in [0.5, 0.6) is 0 Å². The lowest BCUT2D eigenvalue weighted by molar-refractivity contribution is 0.0697. The SMILES string of the molecule is CCCCC(CCC)Nc1ccc(C(=O)O)cc1N. The molecule has 0 bridgehead atoms. The summed E-state index contributed by atoms with van der Waals surface area (Å²) < 4.78 is 0. The Morgan fingerprint density at radius 2 is 2.05 bits per heavy atom. The quantitative estimate of drug-likeness (QED) is 0.625. The fourth-order valence-electron chi connectivity index (χ4n) is 2.13. The molecule has 0 radical (unpaired) electrons. The van der Waals surface area contributed by atoms with Gasteiger partial charge in [-0.15, -0.1) is 0 Å². The summed E-state index contributed by atoms with van der Waals surface area (Å²) in [5.41, 5.74) is 7.46. The largest absolute Gasteiger partial charge is 0.478 e. The van der Waals surface area contributed by atoms with Gasteiger partial charge in [-0.2, -0.15) is 0 Å². The number of anilines is 2. The van der Waals surface area contributed by atoms with Crippen LogP contribution in [0.4, 0.5) is 11.4 Å². The van der Waals surface area contributed by atoms with Crippen molar-refractivity contribution in [3.63, 3.8) is 0 Å². The summed E-state index contributed by atoms with van der Waals surface area (Å²) in [5, 5.41) is 12.3. The molecule has 0 fully saturated rings. The molecule has 0 aliphatic rings. The third kappa shape index (κ3) is 4.81. The lowest BCUT2D eigenvalue weighted by Gasteiger charge is -2.20. The van der Waals surface area contributed by atoms with Crippen molar-refractivity contribution in [3.05, 3.63) is 23.8 Å². The molecule has 1 rings (SSSR count). The molecule has 1 aromatic rings. The fourth-order valence-corrected chi connectivity index (χ4v) is 2.13. The second-order valence-corrected chi connectivity index (χ2v) is 4.88. The smallest absolute Gasteiger partial charge is 0.335 e. The molecule has 4 N–H and O–H groups in total. The number of carbonyl (C=O) groups is 1. The molecule has 19 heavy (non-hydrogen) atoms. The van der Waals surface area contributed by atoms with Gasteiger partial charge in [0.05, 0.1) is 16.9 Å². The van der Waals surface area contributed by atoms with E-state index in [4.69, 9.17) is 10.8 Å². The van der Waals surface area contributed by atoms with Crippen LogP contribution >= 0.6 is 0 Å². The molecule has 0 saturated heterocycles. The van der Waals surface area contributed by atoms with Crippen LogP contribution in [0.1, 0.15) is 56.3 Å². The molecule has 1 atom stereocenters. The minimum absolute atomic E-state index is 0.226. The zero-order valence-corrected chi connectivity index (χ0v) is 11.8. The Hall–Kier alpha value is -1.71. The Kier molecular flexibility index (Phi) is 6.19. The summed E-state index contributed by atoms with van der Waals surface area (Å²) >= 11 is 0. The summed E-state index contributed by atoms with van der Waals surface area (Å²) in [6, 6.07) is 5.26. The first kappa shape index (κ1) is 15.3. The number of nitrogens with two attached hydrogens (primary N) is 1. The average Bonchev–Trinajstić information content (AvgIpc) is 2.38. The minimum atomic E-state index is -0.950. The highest BCUT2D eigenvalue weighted by Crippen LogP contribution is 2.23. The van der Waals surface area contributed by atoms with Gasteiger partial charge in [-0.3, -0.25) is 0 Å². The number of unbranched alkanes of at least 4 members (excludes halogenated alkanes) is 1. The topological polar surface area (TPSA) is 75.3 Å². The molecular formula is C15H24N2O2. The van der Waals surface area contributed by atoms with Gasteiger partial charge in [0.1, 0.15) is 0 Å². The van der Waals surface area contributed by atoms with Gasteiger partial charge in [-0.25, -0.2) is 4.79 Å². The van der Waals surface area contributed by atoms with Crippen molar-refractivity contribution in [1.82, 2.24) is 0 Å². The Balaban J connectivity index is 2.75. The number of rotatable bonds is 8. The fraction of sp³-hybridized carbons (Fsp3) is 0.533. The molecule has 0 spiro atoms. The van der Waals surface area contributed by atoms with E-state index in [1.54, 1.807) is 12.1 Å². The Labute approximate surface area is 115 Å². The number of carboxylic acids is 1. The van der Waals surface area contributed by atoms with E-state index in [0.29, 0.717) is 11.7 Å². The van der Waals surface area contributed by atoms with Gasteiger partial charge in [0.15, 0.2) is 0 Å². The second kappa shape index (κ2) is 7.67. The summed E-state index contributed by atoms with van der Waals surface area (Å²) in [5.74, 6) is -0.950. The highest BCUT2D eigenvalue weighted by Gasteiger charge is 2.11. The third-order valence-corrected chi connectivity index (χ3v) is 3.20. The maximum absolute atomic E-state index is 10.9. The number of nitrogen functional groups attached to an aromatic ring is 1. The van der Waals surface area contributed by atoms with Crippen LogP contribution in [0.2, 0.25) is 0 Å². The van der Waals surface area contributed by atoms with Crippen LogP contribution in [0.25, 0.3) is 0 Å². The summed E-state index contributed by atoms with van der Waals surface area (Å²) in [7, 11) is 0. The standard InChI is InChI=1S/C15H24N2O2/c1-3-5-7-12(6-4-2)17-14-9-8-11(15(18)19)10-13(14)16/h8-10,12,17H,3-7,16H2,1-2H3,(H,18,19). The lowest BCUT2D eigenvalue weighted by Crippen LogP contribution is -2.20. The Morgan fingerprint density at radius 1 is 1.32 bits per heavy atom. The van der Waals surface area contributed by atoms with E-state index in [1.165, 1.54) is 18.9 Å². The van der Waals surface area contributed by atoms with E-state index in [1.807, 2.05) is 0 Å². The number of carboxylic acid groups (broad SMARTS) is 1. The molecule has 4 heteroatoms. The molecule has 4 nitrogen and oxygen atoms in total. The lowest BCUT2D eigenvalue weighted by atomic mass is 10.0. The van der Waals surface area contributed by atoms with E-state index < -0.39 is 5.97 Å². The maximum atomic E-state index is 10.9. The monoisotopic (exact) mass is 264 g/mol. The predicted octanol–water partition coefficient (Wildman–Crippen LogP) is 3.74. The first-order valence-electron chi connectivity index (χ1n) is 6.97. The molecule has 106 valence electrons. The van der Waals surface area contributed by atoms with E-state index in [9.17, 15) is 4.79 Å². The minimum Gasteiger partial charge on any atom is -0.478 e. The molecular weight excluding hydrogens is 240 g/mol. The number of nitrogens with one attached hydrogen (secondary N) is 1. The normalized spacial score (nSPS) is 12.1. The molecule has 0 amide bonds. The van der Waals surface area contributed by atoms with Crippen molar-refractivity contribution in [2.24, 2.45) is 0 Å². The molecule has 0 saturated carbocycles. The summed E-state index contributed by atoms with van der Waals surface area (Å²) in [6.45, 7) is 4.34. The summed E-state index contributed by atoms with van der Waals surface area (Å²) in [4.78, 5) is 10.9. The van der Waals surface area contributed by atoms with Crippen molar-refractivity contribution in [2.45, 2.75) is 52.0 Å². The van der Waals surface area contributed by atoms with E-state index in [0.717, 1.165) is 24.9 Å². The number of hydrogen-bond acceptors (Lipinski definition) is 3. The number of hydrogen-bond donors (Lipinski definition) is 3. The van der Waals surface area contributed by atoms with Crippen molar-refractivity contribution >= 4 is 17.3 Å². The zero-order chi connectivity index (χ0) is 14.3. The highest BCUT2D eigenvalue weighted by atomic mass is 16.4. The van der Waals surface area contributed by atoms with Crippen molar-refractivity contribution in [1.29, 1.82) is 0 Å². The first-order chi connectivity index (χ1) is 9.08. The first-order valence-corrected chi connectivity index (χ1v) is 6.97. The Morgan fingerprint density at radius 3 is 2.58 bits per heavy atom. The molecule has 0 aromatic heterocycles. The average molecular weight is 264 g/mol. The summed E-state index contributed by atoms with van der Waals surface area (Å²) in [6.07, 6.45) is 5.69. The van der Waals surface area contributed by atoms with E-state index in [-0.39, 0.29) is 5.56 Å². The van der Waals surface area contributed by atoms with Crippen LogP contribution in [-0.4, -0.2) is 17.1 Å². The zero-order valence-electron chi connectivity index (χ0n) is 11.8. The van der Waals surface area contributed by atoms with Crippen molar-refractivity contribution in [3.8, 4) is 0 Å². The van der Waals surface area contributed by atoms with E-state index >= 15 is 0 Å². The maximum Gasteiger partial charge on any atom is 0.335 e. The second-order valence-electron chi connectivity index (χ2n) is 4.88. The van der Waals surface area contributed by atoms with Crippen molar-refractivity contribution in [2.75, 3.05) is 11.1 Å². The molecule has 0 aliphatic carbocycles. The van der Waals surface area contributed by atoms with Gasteiger partial charge >= 0.3 is 5.97 Å². The number of benzene rings is 1. The van der Waals surface area contributed by atoms with Crippen LogP contribution in [-0.2, 0) is 0 Å². The van der Waals surface area contributed by atoms with Gasteiger partial charge in [-0.1, -0.05) is 33.1 Å². The van der Waals surface area contributed by atoms with Gasteiger partial charge in [0, 0.05) is 6.04 Å². The molecule has 0 heterocycles. The van der Waals surface area contributed by atoms with Gasteiger partial charge in [-0.05, 0) is 31.0 Å². The van der Waals surface area contributed by atoms with Crippen LogP contribution in [0.15, 0.2) is 18.2 Å². The van der Waals surface area contributed by atoms with Crippen LogP contribution < -0.4 is 11.1 Å². The Bertz CT molecular complexity index is 419. The van der Waals surface area contributed by atoms with Crippen molar-refractivity contribution < 1.29 is 9.90 Å². The van der Waals surface area contributed by atoms with Crippen LogP contribution in [0.3, 0.4) is 0 Å². The van der Waals surface area contributed by atoms with E-state index in [2.05, 4.69) is 19.2 Å². The van der Waals surface area contributed by atoms with Gasteiger partial charge in [0.2, 0.25) is 0 Å².